The first-order valence-electron chi connectivity index (χ1n) is 6.69. The zero-order valence-electron chi connectivity index (χ0n) is 11.6. The Morgan fingerprint density at radius 1 is 1.06 bits per heavy atom. The summed E-state index contributed by atoms with van der Waals surface area (Å²) in [5, 5.41) is 0.420. The van der Waals surface area contributed by atoms with Gasteiger partial charge in [-0.05, 0) is 25.8 Å². The van der Waals surface area contributed by atoms with Crippen LogP contribution in [-0.4, -0.2) is 70.6 Å². The third-order valence-corrected chi connectivity index (χ3v) is 3.53. The van der Waals surface area contributed by atoms with E-state index >= 15 is 0 Å². The number of rotatable bonds is 11. The van der Waals surface area contributed by atoms with Crippen molar-refractivity contribution < 1.29 is 14.2 Å². The van der Waals surface area contributed by atoms with Gasteiger partial charge in [0.15, 0.2) is 0 Å². The highest BCUT2D eigenvalue weighted by molar-refractivity contribution is 6.21. The number of ether oxygens (including phenoxy) is 3. The van der Waals surface area contributed by atoms with Gasteiger partial charge < -0.3 is 19.1 Å². The van der Waals surface area contributed by atoms with Crippen molar-refractivity contribution in [2.24, 2.45) is 5.92 Å². The van der Waals surface area contributed by atoms with Crippen molar-refractivity contribution in [3.8, 4) is 0 Å². The topological polar surface area (TPSA) is 30.9 Å². The van der Waals surface area contributed by atoms with E-state index in [1.807, 2.05) is 0 Å². The van der Waals surface area contributed by atoms with Gasteiger partial charge >= 0.3 is 0 Å². The van der Waals surface area contributed by atoms with Gasteiger partial charge in [0.05, 0.1) is 33.0 Å². The molecule has 0 aromatic carbocycles. The molecule has 0 amide bonds. The van der Waals surface area contributed by atoms with Crippen LogP contribution in [0.15, 0.2) is 0 Å². The van der Waals surface area contributed by atoms with Crippen LogP contribution in [0, 0.1) is 5.92 Å². The molecule has 0 saturated heterocycles. The first-order valence-corrected chi connectivity index (χ1v) is 7.13. The molecule has 0 heterocycles. The minimum atomic E-state index is 0.420. The van der Waals surface area contributed by atoms with E-state index < -0.39 is 0 Å². The molecule has 0 atom stereocenters. The summed E-state index contributed by atoms with van der Waals surface area (Å²) in [5.41, 5.74) is 0. The molecule has 4 nitrogen and oxygen atoms in total. The van der Waals surface area contributed by atoms with Crippen molar-refractivity contribution in [2.45, 2.75) is 18.2 Å². The Morgan fingerprint density at radius 3 is 2.28 bits per heavy atom. The lowest BCUT2D eigenvalue weighted by molar-refractivity contribution is 0.0195. The molecule has 1 aliphatic rings. The van der Waals surface area contributed by atoms with E-state index in [9.17, 15) is 0 Å². The summed E-state index contributed by atoms with van der Waals surface area (Å²) in [5.74, 6) is 0.787. The Kier molecular flexibility index (Phi) is 8.98. The zero-order chi connectivity index (χ0) is 13.2. The molecule has 0 N–H and O–H groups in total. The fraction of sp³-hybridized carbons (Fsp3) is 1.00. The summed E-state index contributed by atoms with van der Waals surface area (Å²) < 4.78 is 15.7. The van der Waals surface area contributed by atoms with Gasteiger partial charge in [0.2, 0.25) is 0 Å². The maximum Gasteiger partial charge on any atom is 0.0701 e. The number of methoxy groups -OCH3 is 1. The van der Waals surface area contributed by atoms with Crippen LogP contribution in [0.2, 0.25) is 0 Å². The third kappa shape index (κ3) is 7.54. The number of hydrogen-bond donors (Lipinski definition) is 0. The normalized spacial score (nSPS) is 23.3. The molecule has 0 unspecified atom stereocenters. The van der Waals surface area contributed by atoms with E-state index in [1.165, 1.54) is 12.8 Å². The van der Waals surface area contributed by atoms with E-state index in [0.29, 0.717) is 31.8 Å². The second-order valence-corrected chi connectivity index (χ2v) is 5.53. The zero-order valence-corrected chi connectivity index (χ0v) is 12.3. The fourth-order valence-corrected chi connectivity index (χ4v) is 2.52. The molecule has 1 fully saturated rings. The van der Waals surface area contributed by atoms with Gasteiger partial charge in [-0.2, -0.15) is 0 Å². The Hall–Kier alpha value is 0.130. The Bertz CT molecular complexity index is 201. The Labute approximate surface area is 116 Å². The van der Waals surface area contributed by atoms with E-state index in [-0.39, 0.29) is 0 Å². The lowest BCUT2D eigenvalue weighted by Gasteiger charge is -2.34. The van der Waals surface area contributed by atoms with E-state index in [2.05, 4.69) is 11.9 Å². The molecular formula is C13H26ClNO3. The van der Waals surface area contributed by atoms with Crippen LogP contribution >= 0.6 is 11.6 Å². The number of alkyl halides is 1. The summed E-state index contributed by atoms with van der Waals surface area (Å²) >= 11 is 5.96. The fourth-order valence-electron chi connectivity index (χ4n) is 2.02. The van der Waals surface area contributed by atoms with Crippen LogP contribution in [0.4, 0.5) is 0 Å². The second kappa shape index (κ2) is 9.98. The molecule has 0 aromatic rings. The molecule has 0 spiro atoms. The number of hydrogen-bond acceptors (Lipinski definition) is 4. The van der Waals surface area contributed by atoms with E-state index in [0.717, 1.165) is 25.6 Å². The van der Waals surface area contributed by atoms with Crippen LogP contribution < -0.4 is 0 Å². The maximum atomic E-state index is 5.96. The summed E-state index contributed by atoms with van der Waals surface area (Å²) in [4.78, 5) is 2.32. The molecule has 1 saturated carbocycles. The maximum absolute atomic E-state index is 5.96. The second-order valence-electron chi connectivity index (χ2n) is 4.91. The molecule has 5 heteroatoms. The minimum Gasteiger partial charge on any atom is -0.382 e. The standard InChI is InChI=1S/C13H26ClNO3/c1-15(11-12-9-13(14)10-12)3-4-17-7-8-18-6-5-16-2/h12-13H,3-11H2,1-2H3. The lowest BCUT2D eigenvalue weighted by atomic mass is 9.84. The van der Waals surface area contributed by atoms with Crippen molar-refractivity contribution in [1.82, 2.24) is 4.90 Å². The molecule has 1 aliphatic carbocycles. The molecule has 0 radical (unpaired) electrons. The number of likely N-dealkylation sites (N-methyl/N-ethyl adjacent to an activating group) is 1. The Balaban J connectivity index is 1.79. The van der Waals surface area contributed by atoms with Gasteiger partial charge in [0, 0.05) is 25.6 Å². The molecule has 0 aliphatic heterocycles. The molecule has 108 valence electrons. The average molecular weight is 280 g/mol. The number of nitrogens with zero attached hydrogens (tertiary/aromatic N) is 1. The predicted molar refractivity (Wildman–Crippen MR) is 73.4 cm³/mol. The average Bonchev–Trinajstić information content (AvgIpc) is 2.30. The smallest absolute Gasteiger partial charge is 0.0701 e. The highest BCUT2D eigenvalue weighted by atomic mass is 35.5. The van der Waals surface area contributed by atoms with Gasteiger partial charge in [0.1, 0.15) is 0 Å². The van der Waals surface area contributed by atoms with E-state index in [4.69, 9.17) is 25.8 Å². The molecule has 18 heavy (non-hydrogen) atoms. The summed E-state index contributed by atoms with van der Waals surface area (Å²) in [6.45, 7) is 5.46. The molecular weight excluding hydrogens is 254 g/mol. The van der Waals surface area contributed by atoms with Crippen molar-refractivity contribution in [3.63, 3.8) is 0 Å². The van der Waals surface area contributed by atoms with Gasteiger partial charge in [-0.25, -0.2) is 0 Å². The van der Waals surface area contributed by atoms with E-state index in [1.54, 1.807) is 7.11 Å². The molecule has 0 bridgehead atoms. The van der Waals surface area contributed by atoms with Crippen LogP contribution in [-0.2, 0) is 14.2 Å². The van der Waals surface area contributed by atoms with Crippen molar-refractivity contribution in [3.05, 3.63) is 0 Å². The monoisotopic (exact) mass is 279 g/mol. The van der Waals surface area contributed by atoms with Gasteiger partial charge in [0.25, 0.3) is 0 Å². The van der Waals surface area contributed by atoms with Crippen LogP contribution in [0.5, 0.6) is 0 Å². The van der Waals surface area contributed by atoms with Crippen LogP contribution in [0.1, 0.15) is 12.8 Å². The van der Waals surface area contributed by atoms with Crippen molar-refractivity contribution >= 4 is 11.6 Å². The van der Waals surface area contributed by atoms with Crippen LogP contribution in [0.3, 0.4) is 0 Å². The summed E-state index contributed by atoms with van der Waals surface area (Å²) in [6.07, 6.45) is 2.33. The highest BCUT2D eigenvalue weighted by Gasteiger charge is 2.27. The highest BCUT2D eigenvalue weighted by Crippen LogP contribution is 2.32. The lowest BCUT2D eigenvalue weighted by Crippen LogP contribution is -2.36. The quantitative estimate of drug-likeness (QED) is 0.425. The van der Waals surface area contributed by atoms with Crippen LogP contribution in [0.25, 0.3) is 0 Å². The summed E-state index contributed by atoms with van der Waals surface area (Å²) in [7, 11) is 3.81. The van der Waals surface area contributed by atoms with Gasteiger partial charge in [-0.1, -0.05) is 0 Å². The third-order valence-electron chi connectivity index (χ3n) is 3.17. The number of halogens is 1. The SMILES string of the molecule is COCCOCCOCCN(C)CC1CC(Cl)C1. The summed E-state index contributed by atoms with van der Waals surface area (Å²) in [6, 6.07) is 0. The van der Waals surface area contributed by atoms with Crippen molar-refractivity contribution in [2.75, 3.05) is 60.3 Å². The molecule has 1 rings (SSSR count). The predicted octanol–water partition coefficient (Wildman–Crippen LogP) is 1.62. The largest absolute Gasteiger partial charge is 0.382 e. The molecule has 0 aromatic heterocycles. The minimum absolute atomic E-state index is 0.420. The van der Waals surface area contributed by atoms with Crippen molar-refractivity contribution in [1.29, 1.82) is 0 Å². The first-order chi connectivity index (χ1) is 8.72. The van der Waals surface area contributed by atoms with Gasteiger partial charge in [-0.3, -0.25) is 0 Å². The first kappa shape index (κ1) is 16.2. The Morgan fingerprint density at radius 2 is 1.67 bits per heavy atom. The van der Waals surface area contributed by atoms with Gasteiger partial charge in [-0.15, -0.1) is 11.6 Å².